The van der Waals surface area contributed by atoms with E-state index in [1.165, 1.54) is 0 Å². The first-order chi connectivity index (χ1) is 17.0. The summed E-state index contributed by atoms with van der Waals surface area (Å²) in [6, 6.07) is 11.2. The number of piperazine rings is 1. The van der Waals surface area contributed by atoms with Crippen LogP contribution in [0.3, 0.4) is 0 Å². The van der Waals surface area contributed by atoms with Gasteiger partial charge in [0.15, 0.2) is 11.5 Å². The zero-order chi connectivity index (χ0) is 24.8. The van der Waals surface area contributed by atoms with Crippen LogP contribution < -0.4 is 24.3 Å². The molecule has 186 valence electrons. The first kappa shape index (κ1) is 24.6. The summed E-state index contributed by atoms with van der Waals surface area (Å²) in [4.78, 5) is 21.8. The van der Waals surface area contributed by atoms with Crippen LogP contribution in [-0.2, 0) is 6.54 Å². The Morgan fingerprint density at radius 2 is 1.69 bits per heavy atom. The number of nitrogens with zero attached hydrogens (tertiary/aromatic N) is 3. The van der Waals surface area contributed by atoms with E-state index in [-0.39, 0.29) is 6.03 Å². The zero-order valence-corrected chi connectivity index (χ0v) is 21.2. The van der Waals surface area contributed by atoms with Gasteiger partial charge in [0, 0.05) is 49.3 Å². The number of anilines is 1. The molecule has 9 nitrogen and oxygen atoms in total. The Hall–Kier alpha value is -3.50. The Bertz CT molecular complexity index is 1140. The number of hydrogen-bond acceptors (Lipinski definition) is 8. The van der Waals surface area contributed by atoms with Gasteiger partial charge in [-0.15, -0.1) is 11.3 Å². The monoisotopic (exact) mass is 498 g/mol. The minimum Gasteiger partial charge on any atom is -0.497 e. The molecule has 2 amide bonds. The van der Waals surface area contributed by atoms with Crippen molar-refractivity contribution in [3.63, 3.8) is 0 Å². The molecule has 0 unspecified atom stereocenters. The highest BCUT2D eigenvalue weighted by molar-refractivity contribution is 7.09. The van der Waals surface area contributed by atoms with Crippen LogP contribution in [-0.4, -0.2) is 75.4 Å². The van der Waals surface area contributed by atoms with Gasteiger partial charge in [0.2, 0.25) is 5.75 Å². The lowest BCUT2D eigenvalue weighted by molar-refractivity contribution is 0.143. The fourth-order valence-electron chi connectivity index (χ4n) is 3.95. The lowest BCUT2D eigenvalue weighted by Gasteiger charge is -2.34. The largest absolute Gasteiger partial charge is 0.497 e. The molecule has 0 atom stereocenters. The molecule has 10 heteroatoms. The molecule has 0 aliphatic carbocycles. The molecular formula is C25H30N4O5S. The second-order valence-electron chi connectivity index (χ2n) is 7.97. The Kier molecular flexibility index (Phi) is 7.94. The number of hydrogen-bond donors (Lipinski definition) is 1. The summed E-state index contributed by atoms with van der Waals surface area (Å²) < 4.78 is 21.4. The number of aromatic nitrogens is 1. The van der Waals surface area contributed by atoms with E-state index in [0.29, 0.717) is 36.0 Å². The molecule has 1 aliphatic heterocycles. The maximum Gasteiger partial charge on any atom is 0.321 e. The molecular weight excluding hydrogens is 468 g/mol. The normalized spacial score (nSPS) is 13.9. The van der Waals surface area contributed by atoms with Crippen molar-refractivity contribution < 1.29 is 23.7 Å². The second-order valence-corrected chi connectivity index (χ2v) is 8.91. The van der Waals surface area contributed by atoms with Crippen LogP contribution in [0.4, 0.5) is 10.5 Å². The number of benzene rings is 2. The van der Waals surface area contributed by atoms with E-state index >= 15 is 0 Å². The number of ether oxygens (including phenoxy) is 4. The van der Waals surface area contributed by atoms with E-state index in [4.69, 9.17) is 23.9 Å². The molecule has 0 saturated carbocycles. The summed E-state index contributed by atoms with van der Waals surface area (Å²) in [6.07, 6.45) is 0. The average molecular weight is 499 g/mol. The number of amides is 2. The van der Waals surface area contributed by atoms with Crippen molar-refractivity contribution in [3.05, 3.63) is 46.8 Å². The third-order valence-electron chi connectivity index (χ3n) is 5.85. The van der Waals surface area contributed by atoms with Gasteiger partial charge < -0.3 is 29.2 Å². The highest BCUT2D eigenvalue weighted by Gasteiger charge is 2.23. The third-order valence-corrected chi connectivity index (χ3v) is 6.69. The molecule has 2 heterocycles. The van der Waals surface area contributed by atoms with Crippen molar-refractivity contribution in [1.82, 2.24) is 14.8 Å². The number of methoxy groups -OCH3 is 4. The van der Waals surface area contributed by atoms with E-state index < -0.39 is 0 Å². The summed E-state index contributed by atoms with van der Waals surface area (Å²) in [5.41, 5.74) is 2.58. The Balaban J connectivity index is 1.32. The van der Waals surface area contributed by atoms with Crippen molar-refractivity contribution in [1.29, 1.82) is 0 Å². The summed E-state index contributed by atoms with van der Waals surface area (Å²) in [6.45, 7) is 3.57. The maximum absolute atomic E-state index is 12.9. The van der Waals surface area contributed by atoms with Crippen LogP contribution in [0.15, 0.2) is 41.8 Å². The highest BCUT2D eigenvalue weighted by Crippen LogP contribution is 2.40. The number of carbonyl (C=O) groups is 1. The van der Waals surface area contributed by atoms with Crippen molar-refractivity contribution in [2.75, 3.05) is 59.9 Å². The minimum atomic E-state index is -0.159. The van der Waals surface area contributed by atoms with Crippen LogP contribution >= 0.6 is 11.3 Å². The lowest BCUT2D eigenvalue weighted by Crippen LogP contribution is -2.49. The van der Waals surface area contributed by atoms with Gasteiger partial charge in [0.25, 0.3) is 0 Å². The lowest BCUT2D eigenvalue weighted by atomic mass is 10.2. The Labute approximate surface area is 209 Å². The predicted octanol–water partition coefficient (Wildman–Crippen LogP) is 4.19. The standard InChI is InChI=1S/C25H30N4O5S/c1-31-19-7-5-6-17(12-19)20-16-35-23(27-20)15-28-8-10-29(11-9-28)25(30)26-18-13-21(32-2)24(34-4)22(14-18)33-3/h5-7,12-14,16H,8-11,15H2,1-4H3,(H,26,30). The van der Waals surface area contributed by atoms with Crippen LogP contribution in [0.5, 0.6) is 23.0 Å². The Morgan fingerprint density at radius 3 is 2.31 bits per heavy atom. The predicted molar refractivity (Wildman–Crippen MR) is 136 cm³/mol. The van der Waals surface area contributed by atoms with Crippen molar-refractivity contribution >= 4 is 23.1 Å². The van der Waals surface area contributed by atoms with Crippen LogP contribution in [0.2, 0.25) is 0 Å². The first-order valence-corrected chi connectivity index (χ1v) is 12.1. The van der Waals surface area contributed by atoms with Crippen LogP contribution in [0.1, 0.15) is 5.01 Å². The molecule has 0 spiro atoms. The molecule has 0 bridgehead atoms. The third kappa shape index (κ3) is 5.77. The number of urea groups is 1. The van der Waals surface area contributed by atoms with E-state index in [1.54, 1.807) is 51.9 Å². The van der Waals surface area contributed by atoms with E-state index in [9.17, 15) is 4.79 Å². The van der Waals surface area contributed by atoms with Gasteiger partial charge >= 0.3 is 6.03 Å². The molecule has 35 heavy (non-hydrogen) atoms. The number of rotatable bonds is 8. The SMILES string of the molecule is COc1cccc(-c2csc(CN3CCN(C(=O)Nc4cc(OC)c(OC)c(OC)c4)CC3)n2)c1. The minimum absolute atomic E-state index is 0.159. The highest BCUT2D eigenvalue weighted by atomic mass is 32.1. The van der Waals surface area contributed by atoms with E-state index in [1.807, 2.05) is 29.2 Å². The summed E-state index contributed by atoms with van der Waals surface area (Å²) >= 11 is 1.65. The van der Waals surface area contributed by atoms with Crippen molar-refractivity contribution in [3.8, 4) is 34.3 Å². The van der Waals surface area contributed by atoms with Gasteiger partial charge in [-0.25, -0.2) is 9.78 Å². The Morgan fingerprint density at radius 1 is 0.971 bits per heavy atom. The molecule has 1 aromatic heterocycles. The molecule has 0 radical (unpaired) electrons. The van der Waals surface area contributed by atoms with E-state index in [0.717, 1.165) is 41.6 Å². The van der Waals surface area contributed by atoms with Gasteiger partial charge in [-0.1, -0.05) is 12.1 Å². The second kappa shape index (κ2) is 11.3. The number of carbonyl (C=O) groups excluding carboxylic acids is 1. The molecule has 1 fully saturated rings. The van der Waals surface area contributed by atoms with Gasteiger partial charge in [0.05, 0.1) is 46.4 Å². The summed E-state index contributed by atoms with van der Waals surface area (Å²) in [5.74, 6) is 2.28. The molecule has 3 aromatic rings. The quantitative estimate of drug-likeness (QED) is 0.498. The number of thiazole rings is 1. The van der Waals surface area contributed by atoms with Gasteiger partial charge in [-0.2, -0.15) is 0 Å². The summed E-state index contributed by atoms with van der Waals surface area (Å²) in [7, 11) is 6.30. The molecule has 2 aromatic carbocycles. The fourth-order valence-corrected chi connectivity index (χ4v) is 4.80. The van der Waals surface area contributed by atoms with Crippen LogP contribution in [0.25, 0.3) is 11.3 Å². The number of nitrogens with one attached hydrogen (secondary N) is 1. The average Bonchev–Trinajstić information content (AvgIpc) is 3.37. The van der Waals surface area contributed by atoms with Gasteiger partial charge in [-0.05, 0) is 12.1 Å². The fraction of sp³-hybridized carbons (Fsp3) is 0.360. The van der Waals surface area contributed by atoms with Crippen molar-refractivity contribution in [2.45, 2.75) is 6.54 Å². The molecule has 1 N–H and O–H groups in total. The van der Waals surface area contributed by atoms with E-state index in [2.05, 4.69) is 15.6 Å². The molecule has 4 rings (SSSR count). The van der Waals surface area contributed by atoms with Crippen molar-refractivity contribution in [2.24, 2.45) is 0 Å². The zero-order valence-electron chi connectivity index (χ0n) is 20.4. The maximum atomic E-state index is 12.9. The molecule has 1 saturated heterocycles. The topological polar surface area (TPSA) is 85.4 Å². The van der Waals surface area contributed by atoms with Gasteiger partial charge in [-0.3, -0.25) is 4.90 Å². The van der Waals surface area contributed by atoms with Crippen LogP contribution in [0, 0.1) is 0 Å². The summed E-state index contributed by atoms with van der Waals surface area (Å²) in [5, 5.41) is 6.07. The first-order valence-electron chi connectivity index (χ1n) is 11.2. The smallest absolute Gasteiger partial charge is 0.321 e. The van der Waals surface area contributed by atoms with Gasteiger partial charge in [0.1, 0.15) is 10.8 Å². The molecule has 1 aliphatic rings.